The molecule has 1 saturated heterocycles. The van der Waals surface area contributed by atoms with Gasteiger partial charge in [0.05, 0.1) is 5.52 Å². The normalized spacial score (nSPS) is 15.8. The minimum absolute atomic E-state index is 0.216. The van der Waals surface area contributed by atoms with Crippen molar-refractivity contribution in [2.24, 2.45) is 5.92 Å². The van der Waals surface area contributed by atoms with Crippen molar-refractivity contribution in [3.63, 3.8) is 0 Å². The van der Waals surface area contributed by atoms with Crippen molar-refractivity contribution < 1.29 is 9.53 Å². The molecule has 1 aromatic heterocycles. The summed E-state index contributed by atoms with van der Waals surface area (Å²) in [5.74, 6) is 0.441. The van der Waals surface area contributed by atoms with E-state index in [4.69, 9.17) is 9.84 Å². The van der Waals surface area contributed by atoms with Crippen LogP contribution in [0.15, 0.2) is 18.2 Å². The summed E-state index contributed by atoms with van der Waals surface area (Å²) in [5, 5.41) is 5.91. The molecule has 23 heavy (non-hydrogen) atoms. The second kappa shape index (κ2) is 5.55. The fourth-order valence-electron chi connectivity index (χ4n) is 2.96. The number of carbonyl (C=O) groups is 1. The van der Waals surface area contributed by atoms with Crippen molar-refractivity contribution >= 4 is 17.0 Å². The van der Waals surface area contributed by atoms with E-state index >= 15 is 0 Å². The number of aromatic nitrogens is 2. The third-order valence-electron chi connectivity index (χ3n) is 4.20. The Balaban J connectivity index is 1.62. The van der Waals surface area contributed by atoms with Gasteiger partial charge in [0.1, 0.15) is 5.60 Å². The molecule has 0 radical (unpaired) electrons. The number of hydrogen-bond acceptors (Lipinski definition) is 3. The molecule has 0 bridgehead atoms. The lowest BCUT2D eigenvalue weighted by atomic mass is 10.0. The van der Waals surface area contributed by atoms with Gasteiger partial charge < -0.3 is 9.64 Å². The molecule has 1 aliphatic rings. The Morgan fingerprint density at radius 1 is 1.30 bits per heavy atom. The number of carbonyl (C=O) groups excluding carboxylic acids is 1. The van der Waals surface area contributed by atoms with Gasteiger partial charge in [-0.1, -0.05) is 12.1 Å². The number of likely N-dealkylation sites (tertiary alicyclic amines) is 1. The van der Waals surface area contributed by atoms with E-state index in [0.717, 1.165) is 25.2 Å². The number of amides is 1. The Bertz CT molecular complexity index is 737. The summed E-state index contributed by atoms with van der Waals surface area (Å²) in [7, 11) is 0. The zero-order valence-electron chi connectivity index (χ0n) is 14.6. The van der Waals surface area contributed by atoms with E-state index in [-0.39, 0.29) is 6.09 Å². The zero-order valence-corrected chi connectivity index (χ0v) is 14.6. The summed E-state index contributed by atoms with van der Waals surface area (Å²) in [6.07, 6.45) is -0.216. The molecule has 0 spiro atoms. The van der Waals surface area contributed by atoms with E-state index in [1.807, 2.05) is 20.8 Å². The van der Waals surface area contributed by atoms with Crippen LogP contribution in [0.3, 0.4) is 0 Å². The molecule has 1 amide bonds. The lowest BCUT2D eigenvalue weighted by Crippen LogP contribution is -2.52. The van der Waals surface area contributed by atoms with Crippen LogP contribution in [0.5, 0.6) is 0 Å². The van der Waals surface area contributed by atoms with Crippen molar-refractivity contribution in [1.29, 1.82) is 0 Å². The summed E-state index contributed by atoms with van der Waals surface area (Å²) in [6, 6.07) is 6.37. The van der Waals surface area contributed by atoms with E-state index < -0.39 is 5.60 Å². The van der Waals surface area contributed by atoms with Crippen molar-refractivity contribution in [3.05, 3.63) is 29.5 Å². The number of rotatable bonds is 2. The van der Waals surface area contributed by atoms with Crippen molar-refractivity contribution in [3.8, 4) is 0 Å². The van der Waals surface area contributed by atoms with Gasteiger partial charge in [0.2, 0.25) is 0 Å². The maximum absolute atomic E-state index is 12.0. The molecule has 0 N–H and O–H groups in total. The Morgan fingerprint density at radius 3 is 2.65 bits per heavy atom. The summed E-state index contributed by atoms with van der Waals surface area (Å²) < 4.78 is 7.46. The maximum Gasteiger partial charge on any atom is 0.410 e. The second-order valence-electron chi connectivity index (χ2n) is 7.54. The van der Waals surface area contributed by atoms with Gasteiger partial charge in [0.25, 0.3) is 0 Å². The van der Waals surface area contributed by atoms with Crippen LogP contribution in [0.25, 0.3) is 10.9 Å². The third-order valence-corrected chi connectivity index (χ3v) is 4.20. The molecule has 1 aromatic carbocycles. The monoisotopic (exact) mass is 315 g/mol. The summed E-state index contributed by atoms with van der Waals surface area (Å²) in [6.45, 7) is 12.2. The molecule has 0 aliphatic carbocycles. The second-order valence-corrected chi connectivity index (χ2v) is 7.54. The largest absolute Gasteiger partial charge is 0.444 e. The fourth-order valence-corrected chi connectivity index (χ4v) is 2.96. The SMILES string of the molecule is Cc1ccc2c(C)n(CC3CN(C(=O)OC(C)(C)C)C3)nc2c1. The Morgan fingerprint density at radius 2 is 2.00 bits per heavy atom. The number of benzene rings is 1. The molecule has 1 fully saturated rings. The quantitative estimate of drug-likeness (QED) is 0.852. The van der Waals surface area contributed by atoms with Crippen LogP contribution in [-0.4, -0.2) is 39.5 Å². The predicted octanol–water partition coefficient (Wildman–Crippen LogP) is 3.52. The molecule has 2 aromatic rings. The molecule has 0 atom stereocenters. The first-order valence-corrected chi connectivity index (χ1v) is 8.14. The van der Waals surface area contributed by atoms with E-state index in [2.05, 4.69) is 36.7 Å². The van der Waals surface area contributed by atoms with Gasteiger partial charge in [-0.15, -0.1) is 0 Å². The van der Waals surface area contributed by atoms with Crippen LogP contribution in [0.1, 0.15) is 32.0 Å². The summed E-state index contributed by atoms with van der Waals surface area (Å²) >= 11 is 0. The molecule has 0 saturated carbocycles. The Kier molecular flexibility index (Phi) is 3.82. The summed E-state index contributed by atoms with van der Waals surface area (Å²) in [5.41, 5.74) is 3.03. The third kappa shape index (κ3) is 3.33. The standard InChI is InChI=1S/C18H25N3O2/c1-12-6-7-15-13(2)21(19-16(15)8-12)11-14-9-20(10-14)17(22)23-18(3,4)5/h6-8,14H,9-11H2,1-5H3. The van der Waals surface area contributed by atoms with Gasteiger partial charge in [-0.2, -0.15) is 5.10 Å². The number of nitrogens with zero attached hydrogens (tertiary/aromatic N) is 3. The highest BCUT2D eigenvalue weighted by Crippen LogP contribution is 2.24. The Labute approximate surface area is 137 Å². The average molecular weight is 315 g/mol. The van der Waals surface area contributed by atoms with Gasteiger partial charge >= 0.3 is 6.09 Å². The van der Waals surface area contributed by atoms with Crippen LogP contribution in [0.4, 0.5) is 4.79 Å². The number of hydrogen-bond donors (Lipinski definition) is 0. The molecule has 5 heteroatoms. The van der Waals surface area contributed by atoms with Gasteiger partial charge in [-0.05, 0) is 46.2 Å². The van der Waals surface area contributed by atoms with Crippen LogP contribution >= 0.6 is 0 Å². The zero-order chi connectivity index (χ0) is 16.8. The molecular formula is C18H25N3O2. The first kappa shape index (κ1) is 15.8. The van der Waals surface area contributed by atoms with Crippen LogP contribution in [0.2, 0.25) is 0 Å². The van der Waals surface area contributed by atoms with Gasteiger partial charge in [0, 0.05) is 36.6 Å². The highest BCUT2D eigenvalue weighted by atomic mass is 16.6. The molecule has 1 aliphatic heterocycles. The van der Waals surface area contributed by atoms with Gasteiger partial charge in [-0.25, -0.2) is 4.79 Å². The maximum atomic E-state index is 12.0. The van der Waals surface area contributed by atoms with E-state index in [1.165, 1.54) is 16.6 Å². The van der Waals surface area contributed by atoms with E-state index in [9.17, 15) is 4.79 Å². The van der Waals surface area contributed by atoms with Crippen molar-refractivity contribution in [2.75, 3.05) is 13.1 Å². The van der Waals surface area contributed by atoms with Crippen LogP contribution < -0.4 is 0 Å². The molecular weight excluding hydrogens is 290 g/mol. The lowest BCUT2D eigenvalue weighted by molar-refractivity contribution is -0.00387. The minimum Gasteiger partial charge on any atom is -0.444 e. The van der Waals surface area contributed by atoms with Crippen molar-refractivity contribution in [1.82, 2.24) is 14.7 Å². The van der Waals surface area contributed by atoms with Crippen LogP contribution in [-0.2, 0) is 11.3 Å². The predicted molar refractivity (Wildman–Crippen MR) is 90.5 cm³/mol. The van der Waals surface area contributed by atoms with Gasteiger partial charge in [-0.3, -0.25) is 4.68 Å². The first-order chi connectivity index (χ1) is 10.7. The highest BCUT2D eigenvalue weighted by Gasteiger charge is 2.34. The minimum atomic E-state index is -0.434. The first-order valence-electron chi connectivity index (χ1n) is 8.14. The average Bonchev–Trinajstić information content (AvgIpc) is 2.67. The van der Waals surface area contributed by atoms with Crippen molar-refractivity contribution in [2.45, 2.75) is 46.8 Å². The molecule has 0 unspecified atom stereocenters. The van der Waals surface area contributed by atoms with Gasteiger partial charge in [0.15, 0.2) is 0 Å². The van der Waals surface area contributed by atoms with E-state index in [1.54, 1.807) is 4.90 Å². The molecule has 5 nitrogen and oxygen atoms in total. The number of aryl methyl sites for hydroxylation is 2. The Hall–Kier alpha value is -2.04. The fraction of sp³-hybridized carbons (Fsp3) is 0.556. The molecule has 124 valence electrons. The lowest BCUT2D eigenvalue weighted by Gasteiger charge is -2.39. The van der Waals surface area contributed by atoms with Crippen LogP contribution in [0, 0.1) is 19.8 Å². The highest BCUT2D eigenvalue weighted by molar-refractivity contribution is 5.82. The smallest absolute Gasteiger partial charge is 0.410 e. The van der Waals surface area contributed by atoms with E-state index in [0.29, 0.717) is 5.92 Å². The molecule has 3 rings (SSSR count). The number of fused-ring (bicyclic) bond motifs is 1. The number of ether oxygens (including phenoxy) is 1. The topological polar surface area (TPSA) is 47.4 Å². The summed E-state index contributed by atoms with van der Waals surface area (Å²) in [4.78, 5) is 13.7. The molecule has 2 heterocycles.